The summed E-state index contributed by atoms with van der Waals surface area (Å²) in [5.74, 6) is 0. The highest BCUT2D eigenvalue weighted by Crippen LogP contribution is 2.27. The molecule has 0 aliphatic heterocycles. The minimum absolute atomic E-state index is 0.626. The van der Waals surface area contributed by atoms with Crippen LogP contribution in [-0.4, -0.2) is 16.3 Å². The Morgan fingerprint density at radius 2 is 2.11 bits per heavy atom. The van der Waals surface area contributed by atoms with E-state index in [4.69, 9.17) is 17.3 Å². The molecule has 18 heavy (non-hydrogen) atoms. The third-order valence-electron chi connectivity index (χ3n) is 2.88. The molecule has 0 unspecified atom stereocenters. The highest BCUT2D eigenvalue weighted by molar-refractivity contribution is 9.10. The van der Waals surface area contributed by atoms with Crippen molar-refractivity contribution in [1.82, 2.24) is 9.78 Å². The lowest BCUT2D eigenvalue weighted by Gasteiger charge is -2.08. The van der Waals surface area contributed by atoms with Crippen LogP contribution in [-0.2, 0) is 6.42 Å². The van der Waals surface area contributed by atoms with Crippen molar-refractivity contribution in [1.29, 1.82) is 0 Å². The fourth-order valence-corrected chi connectivity index (χ4v) is 2.43. The quantitative estimate of drug-likeness (QED) is 0.938. The third kappa shape index (κ3) is 2.46. The van der Waals surface area contributed by atoms with Crippen molar-refractivity contribution in [3.05, 3.63) is 44.6 Å². The fraction of sp³-hybridized carbons (Fsp3) is 0.308. The van der Waals surface area contributed by atoms with Gasteiger partial charge in [0.25, 0.3) is 0 Å². The molecule has 0 aliphatic carbocycles. The summed E-state index contributed by atoms with van der Waals surface area (Å²) in [7, 11) is 0. The van der Waals surface area contributed by atoms with E-state index < -0.39 is 0 Å². The van der Waals surface area contributed by atoms with Crippen LogP contribution in [0.25, 0.3) is 5.69 Å². The largest absolute Gasteiger partial charge is 0.330 e. The molecule has 0 saturated carbocycles. The molecule has 2 rings (SSSR count). The van der Waals surface area contributed by atoms with E-state index in [2.05, 4.69) is 21.0 Å². The van der Waals surface area contributed by atoms with Gasteiger partial charge in [-0.05, 0) is 60.4 Å². The average molecular weight is 329 g/mol. The number of aryl methyl sites for hydroxylation is 1. The van der Waals surface area contributed by atoms with Gasteiger partial charge >= 0.3 is 0 Å². The van der Waals surface area contributed by atoms with Gasteiger partial charge in [0.15, 0.2) is 0 Å². The van der Waals surface area contributed by atoms with Gasteiger partial charge in [0.1, 0.15) is 0 Å². The SMILES string of the molecule is Cc1nn(-c2ccc(CCN)cc2Cl)c(C)c1Br. The molecule has 1 heterocycles. The van der Waals surface area contributed by atoms with Gasteiger partial charge < -0.3 is 5.73 Å². The highest BCUT2D eigenvalue weighted by atomic mass is 79.9. The van der Waals surface area contributed by atoms with Crippen LogP contribution >= 0.6 is 27.5 Å². The second-order valence-corrected chi connectivity index (χ2v) is 5.42. The summed E-state index contributed by atoms with van der Waals surface area (Å²) in [6.07, 6.45) is 0.834. The first-order valence-electron chi connectivity index (χ1n) is 5.75. The van der Waals surface area contributed by atoms with E-state index in [0.29, 0.717) is 11.6 Å². The van der Waals surface area contributed by atoms with Crippen molar-refractivity contribution in [2.75, 3.05) is 6.54 Å². The van der Waals surface area contributed by atoms with Crippen molar-refractivity contribution in [3.8, 4) is 5.69 Å². The van der Waals surface area contributed by atoms with E-state index in [-0.39, 0.29) is 0 Å². The highest BCUT2D eigenvalue weighted by Gasteiger charge is 2.12. The van der Waals surface area contributed by atoms with Crippen LogP contribution in [0.15, 0.2) is 22.7 Å². The molecule has 0 amide bonds. The summed E-state index contributed by atoms with van der Waals surface area (Å²) < 4.78 is 2.87. The van der Waals surface area contributed by atoms with Gasteiger partial charge in [-0.25, -0.2) is 4.68 Å². The molecule has 0 atom stereocenters. The minimum atomic E-state index is 0.626. The van der Waals surface area contributed by atoms with Gasteiger partial charge in [-0.3, -0.25) is 0 Å². The zero-order valence-corrected chi connectivity index (χ0v) is 12.7. The first-order chi connectivity index (χ1) is 8.54. The lowest BCUT2D eigenvalue weighted by molar-refractivity contribution is 0.832. The number of rotatable bonds is 3. The maximum atomic E-state index is 6.32. The van der Waals surface area contributed by atoms with Gasteiger partial charge in [-0.15, -0.1) is 0 Å². The maximum Gasteiger partial charge on any atom is 0.0835 e. The molecule has 3 nitrogen and oxygen atoms in total. The fourth-order valence-electron chi connectivity index (χ4n) is 1.90. The van der Waals surface area contributed by atoms with E-state index >= 15 is 0 Å². The van der Waals surface area contributed by atoms with Crippen molar-refractivity contribution in [2.24, 2.45) is 5.73 Å². The number of hydrogen-bond acceptors (Lipinski definition) is 2. The minimum Gasteiger partial charge on any atom is -0.330 e. The van der Waals surface area contributed by atoms with Crippen molar-refractivity contribution in [3.63, 3.8) is 0 Å². The first-order valence-corrected chi connectivity index (χ1v) is 6.92. The molecule has 0 bridgehead atoms. The summed E-state index contributed by atoms with van der Waals surface area (Å²) in [6.45, 7) is 4.60. The lowest BCUT2D eigenvalue weighted by Crippen LogP contribution is -2.04. The van der Waals surface area contributed by atoms with Gasteiger partial charge in [-0.2, -0.15) is 5.10 Å². The molecule has 0 radical (unpaired) electrons. The number of nitrogens with two attached hydrogens (primary N) is 1. The topological polar surface area (TPSA) is 43.8 Å². The van der Waals surface area contributed by atoms with Gasteiger partial charge in [0.05, 0.1) is 26.6 Å². The summed E-state index contributed by atoms with van der Waals surface area (Å²) in [4.78, 5) is 0. The van der Waals surface area contributed by atoms with Crippen LogP contribution in [0.1, 0.15) is 17.0 Å². The van der Waals surface area contributed by atoms with Crippen molar-refractivity contribution in [2.45, 2.75) is 20.3 Å². The van der Waals surface area contributed by atoms with Crippen LogP contribution < -0.4 is 5.73 Å². The molecule has 1 aromatic carbocycles. The second kappa shape index (κ2) is 5.43. The van der Waals surface area contributed by atoms with Crippen LogP contribution in [0, 0.1) is 13.8 Å². The number of benzene rings is 1. The van der Waals surface area contributed by atoms with Crippen LogP contribution in [0.5, 0.6) is 0 Å². The molecule has 1 aromatic heterocycles. The maximum absolute atomic E-state index is 6.32. The summed E-state index contributed by atoms with van der Waals surface area (Å²) in [5, 5.41) is 5.17. The Morgan fingerprint density at radius 3 is 2.61 bits per heavy atom. The van der Waals surface area contributed by atoms with E-state index in [0.717, 1.165) is 33.5 Å². The summed E-state index contributed by atoms with van der Waals surface area (Å²) in [5.41, 5.74) is 9.57. The normalized spacial score (nSPS) is 10.9. The zero-order valence-electron chi connectivity index (χ0n) is 10.4. The van der Waals surface area contributed by atoms with Gasteiger partial charge in [0, 0.05) is 0 Å². The molecule has 0 aliphatic rings. The van der Waals surface area contributed by atoms with E-state index in [1.54, 1.807) is 0 Å². The predicted molar refractivity (Wildman–Crippen MR) is 78.5 cm³/mol. The molecule has 2 N–H and O–H groups in total. The van der Waals surface area contributed by atoms with E-state index in [1.165, 1.54) is 0 Å². The summed E-state index contributed by atoms with van der Waals surface area (Å²) in [6, 6.07) is 5.98. The molecule has 5 heteroatoms. The van der Waals surface area contributed by atoms with E-state index in [1.807, 2.05) is 36.7 Å². The molecule has 2 aromatic rings. The molecule has 0 saturated heterocycles. The van der Waals surface area contributed by atoms with Gasteiger partial charge in [0.2, 0.25) is 0 Å². The Morgan fingerprint density at radius 1 is 1.39 bits per heavy atom. The molecule has 96 valence electrons. The van der Waals surface area contributed by atoms with Crippen LogP contribution in [0.3, 0.4) is 0 Å². The Labute approximate surface area is 120 Å². The smallest absolute Gasteiger partial charge is 0.0835 e. The number of halogens is 2. The number of aromatic nitrogens is 2. The Balaban J connectivity index is 2.48. The van der Waals surface area contributed by atoms with Crippen molar-refractivity contribution >= 4 is 27.5 Å². The Hall–Kier alpha value is -0.840. The molecule has 0 spiro atoms. The Kier molecular flexibility index (Phi) is 4.10. The molecular formula is C13H15BrClN3. The number of nitrogens with zero attached hydrogens (tertiary/aromatic N) is 2. The number of hydrogen-bond donors (Lipinski definition) is 1. The Bertz CT molecular complexity index is 578. The third-order valence-corrected chi connectivity index (χ3v) is 4.33. The zero-order chi connectivity index (χ0) is 13.3. The van der Waals surface area contributed by atoms with Gasteiger partial charge in [-0.1, -0.05) is 17.7 Å². The predicted octanol–water partition coefficient (Wildman–Crippen LogP) is 3.41. The lowest BCUT2D eigenvalue weighted by atomic mass is 10.1. The summed E-state index contributed by atoms with van der Waals surface area (Å²) >= 11 is 9.83. The van der Waals surface area contributed by atoms with Crippen LogP contribution in [0.2, 0.25) is 5.02 Å². The monoisotopic (exact) mass is 327 g/mol. The molecule has 0 fully saturated rings. The molecular weight excluding hydrogens is 314 g/mol. The standard InChI is InChI=1S/C13H15BrClN3/c1-8-13(14)9(2)18(17-8)12-4-3-10(5-6-16)7-11(12)15/h3-4,7H,5-6,16H2,1-2H3. The van der Waals surface area contributed by atoms with Crippen LogP contribution in [0.4, 0.5) is 0 Å². The van der Waals surface area contributed by atoms with Crippen molar-refractivity contribution < 1.29 is 0 Å². The average Bonchev–Trinajstić information content (AvgIpc) is 2.58. The van der Waals surface area contributed by atoms with E-state index in [9.17, 15) is 0 Å². The second-order valence-electron chi connectivity index (χ2n) is 4.22. The first kappa shape index (κ1) is 13.6.